The summed E-state index contributed by atoms with van der Waals surface area (Å²) in [6.45, 7) is 2.27. The van der Waals surface area contributed by atoms with Crippen molar-refractivity contribution in [2.24, 2.45) is 0 Å². The highest BCUT2D eigenvalue weighted by atomic mass is 16.4. The van der Waals surface area contributed by atoms with E-state index in [0.29, 0.717) is 24.2 Å². The maximum atomic E-state index is 12.9. The number of nitrogens with zero attached hydrogens (tertiary/aromatic N) is 4. The van der Waals surface area contributed by atoms with Crippen molar-refractivity contribution in [1.29, 1.82) is 0 Å². The van der Waals surface area contributed by atoms with Gasteiger partial charge in [-0.1, -0.05) is 12.1 Å². The quantitative estimate of drug-likeness (QED) is 0.884. The van der Waals surface area contributed by atoms with Crippen LogP contribution in [-0.2, 0) is 0 Å². The van der Waals surface area contributed by atoms with Gasteiger partial charge in [0.15, 0.2) is 0 Å². The zero-order valence-electron chi connectivity index (χ0n) is 12.6. The summed E-state index contributed by atoms with van der Waals surface area (Å²) in [6.07, 6.45) is 2.62. The van der Waals surface area contributed by atoms with Gasteiger partial charge in [-0.2, -0.15) is 15.0 Å². The Hall–Kier alpha value is -2.90. The van der Waals surface area contributed by atoms with Crippen molar-refractivity contribution in [3.8, 4) is 5.69 Å². The lowest BCUT2D eigenvalue weighted by Gasteiger charge is -2.22. The van der Waals surface area contributed by atoms with Crippen LogP contribution in [0.25, 0.3) is 5.69 Å². The molecule has 2 N–H and O–H groups in total. The molecule has 1 fully saturated rings. The number of likely N-dealkylation sites (tertiary alicyclic amines) is 1. The van der Waals surface area contributed by atoms with Gasteiger partial charge in [0.2, 0.25) is 0 Å². The van der Waals surface area contributed by atoms with Gasteiger partial charge < -0.3 is 15.3 Å². The first-order valence-corrected chi connectivity index (χ1v) is 7.32. The highest BCUT2D eigenvalue weighted by molar-refractivity contribution is 5.98. The van der Waals surface area contributed by atoms with E-state index in [1.54, 1.807) is 35.5 Å². The predicted molar refractivity (Wildman–Crippen MR) is 81.4 cm³/mol. The van der Waals surface area contributed by atoms with E-state index in [1.165, 1.54) is 4.80 Å². The monoisotopic (exact) mass is 315 g/mol. The Balaban J connectivity index is 1.85. The summed E-state index contributed by atoms with van der Waals surface area (Å²) in [4.78, 5) is 26.8. The minimum absolute atomic E-state index is 0.0435. The summed E-state index contributed by atoms with van der Waals surface area (Å²) in [7, 11) is 0. The molecule has 0 aliphatic carbocycles. The normalized spacial score (nSPS) is 20.5. The third kappa shape index (κ3) is 3.01. The van der Waals surface area contributed by atoms with Crippen molar-refractivity contribution in [3.05, 3.63) is 42.2 Å². The minimum atomic E-state index is -1.07. The molecule has 2 aromatic rings. The molecule has 8 nitrogen and oxygen atoms in total. The highest BCUT2D eigenvalue weighted by Gasteiger charge is 2.34. The van der Waals surface area contributed by atoms with Gasteiger partial charge in [-0.15, -0.1) is 0 Å². The number of amides is 2. The summed E-state index contributed by atoms with van der Waals surface area (Å²) >= 11 is 0. The number of carboxylic acid groups (broad SMARTS) is 1. The fourth-order valence-corrected chi connectivity index (χ4v) is 2.92. The zero-order valence-corrected chi connectivity index (χ0v) is 12.6. The first kappa shape index (κ1) is 15.0. The minimum Gasteiger partial charge on any atom is -0.465 e. The Labute approximate surface area is 132 Å². The lowest BCUT2D eigenvalue weighted by atomic mass is 10.1. The Kier molecular flexibility index (Phi) is 3.96. The van der Waals surface area contributed by atoms with Crippen molar-refractivity contribution in [3.63, 3.8) is 0 Å². The molecule has 0 saturated carbocycles. The predicted octanol–water partition coefficient (Wildman–Crippen LogP) is 1.14. The van der Waals surface area contributed by atoms with Crippen molar-refractivity contribution >= 4 is 12.0 Å². The zero-order chi connectivity index (χ0) is 16.4. The number of rotatable bonds is 3. The van der Waals surface area contributed by atoms with E-state index in [-0.39, 0.29) is 18.0 Å². The number of para-hydroxylation sites is 1. The Morgan fingerprint density at radius 3 is 2.65 bits per heavy atom. The van der Waals surface area contributed by atoms with Crippen molar-refractivity contribution in [2.45, 2.75) is 25.4 Å². The van der Waals surface area contributed by atoms with Gasteiger partial charge in [-0.3, -0.25) is 4.79 Å². The molecule has 0 bridgehead atoms. The molecule has 8 heteroatoms. The number of benzene rings is 1. The van der Waals surface area contributed by atoms with Crippen LogP contribution >= 0.6 is 0 Å². The molecule has 23 heavy (non-hydrogen) atoms. The molecule has 1 aromatic heterocycles. The summed E-state index contributed by atoms with van der Waals surface area (Å²) < 4.78 is 0. The van der Waals surface area contributed by atoms with E-state index in [9.17, 15) is 9.59 Å². The van der Waals surface area contributed by atoms with E-state index in [0.717, 1.165) is 0 Å². The average Bonchev–Trinajstić information content (AvgIpc) is 3.16. The van der Waals surface area contributed by atoms with Crippen molar-refractivity contribution in [1.82, 2.24) is 25.2 Å². The van der Waals surface area contributed by atoms with Crippen LogP contribution < -0.4 is 5.32 Å². The number of aromatic nitrogens is 3. The maximum Gasteiger partial charge on any atom is 0.404 e. The van der Waals surface area contributed by atoms with Gasteiger partial charge in [0.1, 0.15) is 0 Å². The lowest BCUT2D eigenvalue weighted by Crippen LogP contribution is -2.38. The molecule has 2 heterocycles. The van der Waals surface area contributed by atoms with Gasteiger partial charge in [-0.05, 0) is 25.5 Å². The molecule has 0 unspecified atom stereocenters. The second-order valence-corrected chi connectivity index (χ2v) is 5.52. The number of hydrogen-bond acceptors (Lipinski definition) is 4. The van der Waals surface area contributed by atoms with Crippen LogP contribution in [0, 0.1) is 0 Å². The summed E-state index contributed by atoms with van der Waals surface area (Å²) in [5.74, 6) is -0.153. The van der Waals surface area contributed by atoms with Crippen LogP contribution in [-0.4, -0.2) is 55.6 Å². The second kappa shape index (κ2) is 6.07. The molecule has 1 aromatic carbocycles. The van der Waals surface area contributed by atoms with Crippen LogP contribution in [0.3, 0.4) is 0 Å². The van der Waals surface area contributed by atoms with Crippen molar-refractivity contribution in [2.75, 3.05) is 6.54 Å². The molecule has 2 amide bonds. The molecule has 1 saturated heterocycles. The first-order chi connectivity index (χ1) is 11.1. The number of hydrogen-bond donors (Lipinski definition) is 2. The van der Waals surface area contributed by atoms with Crippen LogP contribution in [0.1, 0.15) is 23.7 Å². The topological polar surface area (TPSA) is 100 Å². The lowest BCUT2D eigenvalue weighted by molar-refractivity contribution is 0.0743. The molecule has 120 valence electrons. The summed E-state index contributed by atoms with van der Waals surface area (Å²) in [5, 5.41) is 19.4. The Bertz CT molecular complexity index is 716. The maximum absolute atomic E-state index is 12.9. The first-order valence-electron chi connectivity index (χ1n) is 7.32. The molecular weight excluding hydrogens is 298 g/mol. The number of carbonyl (C=O) groups excluding carboxylic acids is 1. The van der Waals surface area contributed by atoms with E-state index < -0.39 is 6.09 Å². The van der Waals surface area contributed by atoms with E-state index in [1.807, 2.05) is 13.0 Å². The number of carbonyl (C=O) groups is 2. The molecule has 0 spiro atoms. The molecule has 2 atom stereocenters. The van der Waals surface area contributed by atoms with Gasteiger partial charge in [-0.25, -0.2) is 4.79 Å². The smallest absolute Gasteiger partial charge is 0.404 e. The van der Waals surface area contributed by atoms with Gasteiger partial charge >= 0.3 is 6.09 Å². The molecular formula is C15H17N5O3. The fraction of sp³-hybridized carbons (Fsp3) is 0.333. The largest absolute Gasteiger partial charge is 0.465 e. The second-order valence-electron chi connectivity index (χ2n) is 5.52. The Morgan fingerprint density at radius 1 is 1.26 bits per heavy atom. The molecule has 1 aliphatic heterocycles. The van der Waals surface area contributed by atoms with Crippen molar-refractivity contribution < 1.29 is 14.7 Å². The number of nitrogens with one attached hydrogen (secondary N) is 1. The third-order valence-corrected chi connectivity index (χ3v) is 3.93. The van der Waals surface area contributed by atoms with Crippen LogP contribution in [0.4, 0.5) is 4.79 Å². The van der Waals surface area contributed by atoms with Crippen LogP contribution in [0.2, 0.25) is 0 Å². The van der Waals surface area contributed by atoms with E-state index in [2.05, 4.69) is 15.5 Å². The van der Waals surface area contributed by atoms with Crippen LogP contribution in [0.15, 0.2) is 36.7 Å². The molecule has 0 radical (unpaired) electrons. The molecule has 3 rings (SSSR count). The molecule has 1 aliphatic rings. The average molecular weight is 315 g/mol. The van der Waals surface area contributed by atoms with E-state index >= 15 is 0 Å². The van der Waals surface area contributed by atoms with Gasteiger partial charge in [0, 0.05) is 12.6 Å². The van der Waals surface area contributed by atoms with E-state index in [4.69, 9.17) is 5.11 Å². The highest BCUT2D eigenvalue weighted by Crippen LogP contribution is 2.23. The SMILES string of the molecule is C[C@@H]1C[C@@H](NC(=O)O)CN1C(=O)c1ccccc1-n1nccn1. The summed E-state index contributed by atoms with van der Waals surface area (Å²) in [5.41, 5.74) is 1.09. The fourth-order valence-electron chi connectivity index (χ4n) is 2.92. The Morgan fingerprint density at radius 2 is 1.96 bits per heavy atom. The van der Waals surface area contributed by atoms with Crippen LogP contribution in [0.5, 0.6) is 0 Å². The third-order valence-electron chi connectivity index (χ3n) is 3.93. The van der Waals surface area contributed by atoms with Gasteiger partial charge in [0.05, 0.1) is 29.7 Å². The standard InChI is InChI=1S/C15H17N5O3/c1-10-8-11(18-15(22)23)9-19(10)14(21)12-4-2-3-5-13(12)20-16-6-7-17-20/h2-7,10-11,18H,8-9H2,1H3,(H,22,23)/t10-,11-/m1/s1. The van der Waals surface area contributed by atoms with Gasteiger partial charge in [0.25, 0.3) is 5.91 Å². The summed E-state index contributed by atoms with van der Waals surface area (Å²) in [6, 6.07) is 6.82.